The zero-order valence-corrected chi connectivity index (χ0v) is 9.50. The van der Waals surface area contributed by atoms with Crippen molar-refractivity contribution in [3.05, 3.63) is 47.3 Å². The van der Waals surface area contributed by atoms with Gasteiger partial charge in [0.2, 0.25) is 0 Å². The summed E-state index contributed by atoms with van der Waals surface area (Å²) >= 11 is 0. The summed E-state index contributed by atoms with van der Waals surface area (Å²) in [6.45, 7) is 0.476. The molecule has 0 saturated heterocycles. The summed E-state index contributed by atoms with van der Waals surface area (Å²) < 4.78 is 1.62. The van der Waals surface area contributed by atoms with E-state index in [4.69, 9.17) is 11.5 Å². The van der Waals surface area contributed by atoms with E-state index in [1.54, 1.807) is 16.8 Å². The Labute approximate surface area is 103 Å². The highest BCUT2D eigenvalue weighted by atomic mass is 16.1. The number of primary amides is 1. The van der Waals surface area contributed by atoms with E-state index in [-0.39, 0.29) is 5.69 Å². The third kappa shape index (κ3) is 1.46. The normalized spacial score (nSPS) is 13.2. The van der Waals surface area contributed by atoms with Gasteiger partial charge >= 0.3 is 0 Å². The van der Waals surface area contributed by atoms with Crippen LogP contribution in [-0.4, -0.2) is 21.5 Å². The van der Waals surface area contributed by atoms with Gasteiger partial charge in [0.05, 0.1) is 12.2 Å². The number of carbonyl (C=O) groups excluding carboxylic acids is 1. The van der Waals surface area contributed by atoms with Crippen molar-refractivity contribution in [3.8, 4) is 0 Å². The number of carbonyl (C=O) groups is 1. The highest BCUT2D eigenvalue weighted by Gasteiger charge is 2.22. The number of amides is 1. The number of nitrogens with two attached hydrogens (primary N) is 2. The maximum atomic E-state index is 11.1. The van der Waals surface area contributed by atoms with Gasteiger partial charge in [0.1, 0.15) is 0 Å². The Morgan fingerprint density at radius 2 is 2.11 bits per heavy atom. The van der Waals surface area contributed by atoms with Crippen LogP contribution in [0, 0.1) is 0 Å². The minimum Gasteiger partial charge on any atom is -0.398 e. The number of aliphatic imine (C=N–C) groups is 1. The number of hydrogen-bond acceptors (Lipinski definition) is 4. The molecule has 3 rings (SSSR count). The SMILES string of the molecule is NC(=O)c1cc2n(n1)C(c1ccccc1N)=NC2. The zero-order chi connectivity index (χ0) is 12.7. The summed E-state index contributed by atoms with van der Waals surface area (Å²) in [4.78, 5) is 15.5. The van der Waals surface area contributed by atoms with Crippen LogP contribution in [0.2, 0.25) is 0 Å². The van der Waals surface area contributed by atoms with Crippen LogP contribution in [0.4, 0.5) is 5.69 Å². The molecular formula is C12H11N5O. The van der Waals surface area contributed by atoms with Crippen LogP contribution in [0.1, 0.15) is 21.7 Å². The molecule has 2 aromatic rings. The maximum Gasteiger partial charge on any atom is 0.269 e. The van der Waals surface area contributed by atoms with Crippen LogP contribution in [0.3, 0.4) is 0 Å². The van der Waals surface area contributed by atoms with E-state index >= 15 is 0 Å². The lowest BCUT2D eigenvalue weighted by Gasteiger charge is -2.06. The van der Waals surface area contributed by atoms with Crippen molar-refractivity contribution in [3.63, 3.8) is 0 Å². The van der Waals surface area contributed by atoms with E-state index in [0.29, 0.717) is 18.1 Å². The minimum absolute atomic E-state index is 0.243. The van der Waals surface area contributed by atoms with Crippen molar-refractivity contribution in [1.82, 2.24) is 9.78 Å². The highest BCUT2D eigenvalue weighted by molar-refractivity contribution is 6.05. The second-order valence-corrected chi connectivity index (χ2v) is 4.02. The standard InChI is InChI=1S/C12H11N5O/c13-9-4-2-1-3-8(9)12-15-6-7-5-10(11(14)18)16-17(7)12/h1-5H,6,13H2,(H2,14,18). The first-order valence-electron chi connectivity index (χ1n) is 5.45. The van der Waals surface area contributed by atoms with Crippen molar-refractivity contribution in [2.45, 2.75) is 6.54 Å². The number of fused-ring (bicyclic) bond motifs is 1. The fourth-order valence-corrected chi connectivity index (χ4v) is 1.96. The molecule has 1 aromatic heterocycles. The Morgan fingerprint density at radius 1 is 1.33 bits per heavy atom. The molecule has 6 heteroatoms. The van der Waals surface area contributed by atoms with Crippen LogP contribution in [0.15, 0.2) is 35.3 Å². The van der Waals surface area contributed by atoms with Gasteiger partial charge in [0.15, 0.2) is 11.5 Å². The average Bonchev–Trinajstić information content (AvgIpc) is 2.89. The molecule has 0 radical (unpaired) electrons. The van der Waals surface area contributed by atoms with Crippen LogP contribution < -0.4 is 11.5 Å². The Morgan fingerprint density at radius 3 is 2.83 bits per heavy atom. The molecule has 1 aliphatic rings. The van der Waals surface area contributed by atoms with Crippen molar-refractivity contribution >= 4 is 17.4 Å². The fourth-order valence-electron chi connectivity index (χ4n) is 1.96. The number of anilines is 1. The van der Waals surface area contributed by atoms with Crippen molar-refractivity contribution in [2.24, 2.45) is 10.7 Å². The summed E-state index contributed by atoms with van der Waals surface area (Å²) in [6.07, 6.45) is 0. The Bertz CT molecular complexity index is 671. The molecule has 0 aliphatic carbocycles. The van der Waals surface area contributed by atoms with Crippen molar-refractivity contribution in [1.29, 1.82) is 0 Å². The van der Waals surface area contributed by atoms with Crippen LogP contribution >= 0.6 is 0 Å². The van der Waals surface area contributed by atoms with Gasteiger partial charge in [0, 0.05) is 11.3 Å². The van der Waals surface area contributed by atoms with E-state index < -0.39 is 5.91 Å². The molecule has 0 bridgehead atoms. The lowest BCUT2D eigenvalue weighted by atomic mass is 10.1. The second kappa shape index (κ2) is 3.69. The predicted octanol–water partition coefficient (Wildman–Crippen LogP) is 0.373. The summed E-state index contributed by atoms with van der Waals surface area (Å²) in [5.74, 6) is 0.105. The first-order valence-corrected chi connectivity index (χ1v) is 5.45. The summed E-state index contributed by atoms with van der Waals surface area (Å²) in [5.41, 5.74) is 13.6. The number of nitrogen functional groups attached to an aromatic ring is 1. The molecule has 2 heterocycles. The number of rotatable bonds is 2. The smallest absolute Gasteiger partial charge is 0.269 e. The summed E-state index contributed by atoms with van der Waals surface area (Å²) in [5, 5.41) is 4.14. The van der Waals surface area contributed by atoms with Crippen LogP contribution in [0.25, 0.3) is 0 Å². The molecule has 0 spiro atoms. The molecule has 90 valence electrons. The summed E-state index contributed by atoms with van der Waals surface area (Å²) in [6, 6.07) is 9.05. The number of para-hydroxylation sites is 1. The largest absolute Gasteiger partial charge is 0.398 e. The molecule has 6 nitrogen and oxygen atoms in total. The van der Waals surface area contributed by atoms with E-state index in [1.807, 2.05) is 18.2 Å². The van der Waals surface area contributed by atoms with E-state index in [2.05, 4.69) is 10.1 Å². The molecule has 0 saturated carbocycles. The fraction of sp³-hybridized carbons (Fsp3) is 0.0833. The monoisotopic (exact) mass is 241 g/mol. The zero-order valence-electron chi connectivity index (χ0n) is 9.50. The molecule has 1 aromatic carbocycles. The van der Waals surface area contributed by atoms with Crippen molar-refractivity contribution in [2.75, 3.05) is 5.73 Å². The minimum atomic E-state index is -0.544. The number of nitrogens with zero attached hydrogens (tertiary/aromatic N) is 3. The Hall–Kier alpha value is -2.63. The van der Waals surface area contributed by atoms with E-state index in [9.17, 15) is 4.79 Å². The lowest BCUT2D eigenvalue weighted by Crippen LogP contribution is -2.17. The van der Waals surface area contributed by atoms with E-state index in [1.165, 1.54) is 0 Å². The first kappa shape index (κ1) is 10.5. The first-order chi connectivity index (χ1) is 8.66. The van der Waals surface area contributed by atoms with Gasteiger partial charge in [-0.3, -0.25) is 9.79 Å². The second-order valence-electron chi connectivity index (χ2n) is 4.02. The molecule has 18 heavy (non-hydrogen) atoms. The quantitative estimate of drug-likeness (QED) is 0.743. The molecule has 4 N–H and O–H groups in total. The predicted molar refractivity (Wildman–Crippen MR) is 67.2 cm³/mol. The van der Waals surface area contributed by atoms with Crippen LogP contribution in [-0.2, 0) is 6.54 Å². The summed E-state index contributed by atoms with van der Waals surface area (Å²) in [7, 11) is 0. The molecular weight excluding hydrogens is 230 g/mol. The van der Waals surface area contributed by atoms with Gasteiger partial charge in [-0.1, -0.05) is 12.1 Å². The van der Waals surface area contributed by atoms with Gasteiger partial charge in [-0.05, 0) is 18.2 Å². The van der Waals surface area contributed by atoms with Crippen LogP contribution in [0.5, 0.6) is 0 Å². The molecule has 0 atom stereocenters. The maximum absolute atomic E-state index is 11.1. The van der Waals surface area contributed by atoms with Gasteiger partial charge < -0.3 is 11.5 Å². The number of benzene rings is 1. The number of hydrogen-bond donors (Lipinski definition) is 2. The third-order valence-corrected chi connectivity index (χ3v) is 2.83. The Balaban J connectivity index is 2.09. The van der Waals surface area contributed by atoms with Crippen molar-refractivity contribution < 1.29 is 4.79 Å². The number of aromatic nitrogens is 2. The van der Waals surface area contributed by atoms with Gasteiger partial charge in [-0.15, -0.1) is 0 Å². The van der Waals surface area contributed by atoms with Gasteiger partial charge in [0.25, 0.3) is 5.91 Å². The molecule has 0 fully saturated rings. The Kier molecular flexibility index (Phi) is 2.16. The topological polar surface area (TPSA) is 99.3 Å². The molecule has 1 amide bonds. The lowest BCUT2D eigenvalue weighted by molar-refractivity contribution is 0.0995. The van der Waals surface area contributed by atoms with Gasteiger partial charge in [-0.25, -0.2) is 4.68 Å². The highest BCUT2D eigenvalue weighted by Crippen LogP contribution is 2.20. The third-order valence-electron chi connectivity index (χ3n) is 2.83. The van der Waals surface area contributed by atoms with Gasteiger partial charge in [-0.2, -0.15) is 5.10 Å². The molecule has 0 unspecified atom stereocenters. The average molecular weight is 241 g/mol. The van der Waals surface area contributed by atoms with E-state index in [0.717, 1.165) is 11.3 Å². The molecule has 1 aliphatic heterocycles.